The normalized spacial score (nSPS) is 15.0. The topological polar surface area (TPSA) is 128 Å². The van der Waals surface area contributed by atoms with E-state index in [9.17, 15) is 24.8 Å². The van der Waals surface area contributed by atoms with Gasteiger partial charge in [-0.05, 0) is 60.5 Å². The molecule has 9 nitrogen and oxygen atoms in total. The highest BCUT2D eigenvalue weighted by molar-refractivity contribution is 8.18. The van der Waals surface area contributed by atoms with E-state index < -0.39 is 16.8 Å². The SMILES string of the molecule is CCOC(=O)C1=C(O)/C(=C/c2ccc(OCc3ccc([N+](=O)[O-])cc3)c(Cl)c2)SC1=NC(=O)c1ccccc1Cl. The minimum atomic E-state index is -0.824. The monoisotopic (exact) mass is 598 g/mol. The molecule has 3 aromatic rings. The number of esters is 1. The Morgan fingerprint density at radius 1 is 1.07 bits per heavy atom. The summed E-state index contributed by atoms with van der Waals surface area (Å²) in [6.07, 6.45) is 1.58. The van der Waals surface area contributed by atoms with E-state index in [4.69, 9.17) is 32.7 Å². The smallest absolute Gasteiger partial charge is 0.344 e. The highest BCUT2D eigenvalue weighted by Gasteiger charge is 2.34. The number of nitro groups is 1. The summed E-state index contributed by atoms with van der Waals surface area (Å²) in [5.74, 6) is -1.51. The average molecular weight is 599 g/mol. The second-order valence-corrected chi connectivity index (χ2v) is 10.0. The predicted octanol–water partition coefficient (Wildman–Crippen LogP) is 7.18. The third-order valence-corrected chi connectivity index (χ3v) is 7.12. The largest absolute Gasteiger partial charge is 0.506 e. The number of non-ortho nitro benzene ring substituents is 1. The molecule has 0 aliphatic carbocycles. The number of benzene rings is 3. The molecule has 4 rings (SSSR count). The lowest BCUT2D eigenvalue weighted by molar-refractivity contribution is -0.384. The maximum atomic E-state index is 12.8. The fourth-order valence-electron chi connectivity index (χ4n) is 3.53. The van der Waals surface area contributed by atoms with Crippen LogP contribution in [0, 0.1) is 10.1 Å². The van der Waals surface area contributed by atoms with E-state index in [-0.39, 0.29) is 55.8 Å². The van der Waals surface area contributed by atoms with Gasteiger partial charge in [0.15, 0.2) is 0 Å². The minimum absolute atomic E-state index is 0.0196. The van der Waals surface area contributed by atoms with Crippen molar-refractivity contribution in [2.45, 2.75) is 13.5 Å². The number of ether oxygens (including phenoxy) is 2. The number of aliphatic imine (C=N–C) groups is 1. The summed E-state index contributed by atoms with van der Waals surface area (Å²) in [7, 11) is 0. The zero-order chi connectivity index (χ0) is 28.8. The van der Waals surface area contributed by atoms with Crippen LogP contribution in [0.5, 0.6) is 5.75 Å². The molecule has 0 fully saturated rings. The van der Waals surface area contributed by atoms with Crippen molar-refractivity contribution in [1.82, 2.24) is 0 Å². The van der Waals surface area contributed by atoms with Gasteiger partial charge in [-0.2, -0.15) is 0 Å². The lowest BCUT2D eigenvalue weighted by atomic mass is 10.1. The molecule has 3 aromatic carbocycles. The number of amides is 1. The Hall–Kier alpha value is -4.12. The van der Waals surface area contributed by atoms with Gasteiger partial charge >= 0.3 is 5.97 Å². The second kappa shape index (κ2) is 12.8. The first-order valence-electron chi connectivity index (χ1n) is 11.7. The molecule has 204 valence electrons. The van der Waals surface area contributed by atoms with Crippen molar-refractivity contribution in [1.29, 1.82) is 0 Å². The molecule has 12 heteroatoms. The number of rotatable bonds is 8. The Kier molecular flexibility index (Phi) is 9.26. The molecule has 40 heavy (non-hydrogen) atoms. The van der Waals surface area contributed by atoms with Crippen LogP contribution in [0.15, 0.2) is 88.0 Å². The summed E-state index contributed by atoms with van der Waals surface area (Å²) in [5, 5.41) is 22.1. The predicted molar refractivity (Wildman–Crippen MR) is 154 cm³/mol. The van der Waals surface area contributed by atoms with Gasteiger partial charge in [-0.25, -0.2) is 9.79 Å². The standard InChI is InChI=1S/C28H20Cl2N2O7S/c1-2-38-28(35)24-25(33)23(40-27(24)31-26(34)19-5-3-4-6-20(19)29)14-17-9-12-22(21(30)13-17)39-15-16-7-10-18(11-8-16)32(36)37/h3-14,33H,2,15H2,1H3/b23-14-,31-27?. The fourth-order valence-corrected chi connectivity index (χ4v) is 5.00. The van der Waals surface area contributed by atoms with Crippen LogP contribution >= 0.6 is 35.0 Å². The summed E-state index contributed by atoms with van der Waals surface area (Å²) in [6, 6.07) is 17.2. The average Bonchev–Trinajstić information content (AvgIpc) is 3.22. The number of halogens is 2. The fraction of sp³-hybridized carbons (Fsp3) is 0.107. The van der Waals surface area contributed by atoms with Crippen molar-refractivity contribution < 1.29 is 29.1 Å². The van der Waals surface area contributed by atoms with Gasteiger partial charge in [0.05, 0.1) is 32.0 Å². The third kappa shape index (κ3) is 6.71. The van der Waals surface area contributed by atoms with Gasteiger partial charge in [-0.1, -0.05) is 53.2 Å². The summed E-state index contributed by atoms with van der Waals surface area (Å²) >= 11 is 13.4. The molecule has 0 aromatic heterocycles. The quantitative estimate of drug-likeness (QED) is 0.164. The molecular weight excluding hydrogens is 579 g/mol. The molecule has 1 amide bonds. The number of hydrogen-bond acceptors (Lipinski definition) is 8. The van der Waals surface area contributed by atoms with Crippen LogP contribution in [-0.4, -0.2) is 33.6 Å². The van der Waals surface area contributed by atoms with Gasteiger partial charge in [0.25, 0.3) is 11.6 Å². The van der Waals surface area contributed by atoms with Gasteiger partial charge in [-0.15, -0.1) is 0 Å². The molecule has 0 saturated heterocycles. The Balaban J connectivity index is 1.57. The van der Waals surface area contributed by atoms with E-state index in [0.717, 1.165) is 17.3 Å². The molecule has 1 heterocycles. The Labute approximate surface area is 242 Å². The Morgan fingerprint density at radius 3 is 2.45 bits per heavy atom. The molecule has 1 aliphatic heterocycles. The lowest BCUT2D eigenvalue weighted by Crippen LogP contribution is -2.14. The third-order valence-electron chi connectivity index (χ3n) is 5.47. The van der Waals surface area contributed by atoms with Crippen molar-refractivity contribution in [2.75, 3.05) is 6.61 Å². The maximum absolute atomic E-state index is 12.8. The van der Waals surface area contributed by atoms with Gasteiger partial charge < -0.3 is 14.6 Å². The zero-order valence-corrected chi connectivity index (χ0v) is 23.1. The molecule has 0 bridgehead atoms. The van der Waals surface area contributed by atoms with Crippen molar-refractivity contribution in [3.05, 3.63) is 120 Å². The van der Waals surface area contributed by atoms with Crippen molar-refractivity contribution in [3.8, 4) is 5.75 Å². The molecule has 0 saturated carbocycles. The van der Waals surface area contributed by atoms with E-state index in [1.807, 2.05) is 0 Å². The number of carbonyl (C=O) groups is 2. The summed E-state index contributed by atoms with van der Waals surface area (Å²) < 4.78 is 10.8. The van der Waals surface area contributed by atoms with Crippen LogP contribution in [0.2, 0.25) is 10.0 Å². The number of hydrogen-bond donors (Lipinski definition) is 1. The number of aliphatic hydroxyl groups excluding tert-OH is 1. The first-order chi connectivity index (χ1) is 19.2. The minimum Gasteiger partial charge on any atom is -0.506 e. The molecular formula is C28H20Cl2N2O7S. The first kappa shape index (κ1) is 28.9. The van der Waals surface area contributed by atoms with Crippen LogP contribution in [-0.2, 0) is 16.1 Å². The van der Waals surface area contributed by atoms with E-state index >= 15 is 0 Å². The molecule has 0 spiro atoms. The van der Waals surface area contributed by atoms with E-state index in [2.05, 4.69) is 4.99 Å². The summed E-state index contributed by atoms with van der Waals surface area (Å²) in [6.45, 7) is 1.81. The number of carbonyl (C=O) groups excluding carboxylic acids is 2. The van der Waals surface area contributed by atoms with Crippen molar-refractivity contribution in [2.24, 2.45) is 4.99 Å². The number of nitrogens with zero attached hydrogens (tertiary/aromatic N) is 2. The molecule has 0 radical (unpaired) electrons. The van der Waals surface area contributed by atoms with Crippen LogP contribution in [0.1, 0.15) is 28.4 Å². The molecule has 0 atom stereocenters. The second-order valence-electron chi connectivity index (χ2n) is 8.16. The highest BCUT2D eigenvalue weighted by Crippen LogP contribution is 2.40. The van der Waals surface area contributed by atoms with Crippen LogP contribution in [0.3, 0.4) is 0 Å². The van der Waals surface area contributed by atoms with Crippen molar-refractivity contribution in [3.63, 3.8) is 0 Å². The molecule has 0 unspecified atom stereocenters. The molecule has 1 aliphatic rings. The first-order valence-corrected chi connectivity index (χ1v) is 13.3. The van der Waals surface area contributed by atoms with E-state index in [1.165, 1.54) is 18.2 Å². The Bertz CT molecular complexity index is 1580. The van der Waals surface area contributed by atoms with Gasteiger partial charge in [-0.3, -0.25) is 14.9 Å². The zero-order valence-electron chi connectivity index (χ0n) is 20.8. The van der Waals surface area contributed by atoms with Crippen LogP contribution in [0.4, 0.5) is 5.69 Å². The van der Waals surface area contributed by atoms with E-state index in [1.54, 1.807) is 61.5 Å². The maximum Gasteiger partial charge on any atom is 0.344 e. The Morgan fingerprint density at radius 2 is 1.80 bits per heavy atom. The highest BCUT2D eigenvalue weighted by atomic mass is 35.5. The van der Waals surface area contributed by atoms with Crippen molar-refractivity contribution >= 4 is 63.6 Å². The number of aliphatic hydroxyl groups is 1. The van der Waals surface area contributed by atoms with Crippen LogP contribution < -0.4 is 4.74 Å². The number of nitro benzene ring substituents is 1. The van der Waals surface area contributed by atoms with Gasteiger partial charge in [0.1, 0.15) is 28.7 Å². The van der Waals surface area contributed by atoms with Gasteiger partial charge in [0, 0.05) is 12.1 Å². The molecule has 1 N–H and O–H groups in total. The van der Waals surface area contributed by atoms with Gasteiger partial charge in [0.2, 0.25) is 0 Å². The summed E-state index contributed by atoms with van der Waals surface area (Å²) in [4.78, 5) is 40.0. The van der Waals surface area contributed by atoms with E-state index in [0.29, 0.717) is 11.3 Å². The number of thioether (sulfide) groups is 1. The summed E-state index contributed by atoms with van der Waals surface area (Å²) in [5.41, 5.74) is 1.19. The van der Waals surface area contributed by atoms with Crippen LogP contribution in [0.25, 0.3) is 6.08 Å². The lowest BCUT2D eigenvalue weighted by Gasteiger charge is -2.09.